The molecule has 8 nitrogen and oxygen atoms in total. The number of halogens is 5. The van der Waals surface area contributed by atoms with Crippen LogP contribution in [0.3, 0.4) is 0 Å². The van der Waals surface area contributed by atoms with E-state index in [1.165, 1.54) is 39.5 Å². The van der Waals surface area contributed by atoms with Crippen molar-refractivity contribution in [3.63, 3.8) is 0 Å². The zero-order valence-corrected chi connectivity index (χ0v) is 20.3. The predicted molar refractivity (Wildman–Crippen MR) is 131 cm³/mol. The minimum atomic E-state index is -2.77. The molecule has 0 unspecified atom stereocenters. The summed E-state index contributed by atoms with van der Waals surface area (Å²) in [5, 5.41) is 4.36. The average Bonchev–Trinajstić information content (AvgIpc) is 3.69. The molecular formula is C23H20BClF4N4O4. The number of methoxy groups -OCH3 is 1. The van der Waals surface area contributed by atoms with Gasteiger partial charge in [-0.25, -0.2) is 22.4 Å². The molecule has 1 aliphatic rings. The van der Waals surface area contributed by atoms with Crippen LogP contribution >= 0.6 is 11.6 Å². The van der Waals surface area contributed by atoms with Crippen molar-refractivity contribution in [2.24, 2.45) is 0 Å². The molecule has 3 aromatic rings. The number of urea groups is 1. The van der Waals surface area contributed by atoms with Gasteiger partial charge < -0.3 is 24.9 Å². The van der Waals surface area contributed by atoms with E-state index in [0.717, 1.165) is 23.7 Å². The van der Waals surface area contributed by atoms with Crippen LogP contribution in [0.15, 0.2) is 30.5 Å². The highest BCUT2D eigenvalue weighted by Gasteiger charge is 2.28. The smallest absolute Gasteiger partial charge is 0.309 e. The summed E-state index contributed by atoms with van der Waals surface area (Å²) in [6.07, 6.45) is 0.178. The Morgan fingerprint density at radius 3 is 2.62 bits per heavy atom. The molecule has 1 fully saturated rings. The number of nitrogens with one attached hydrogen (secondary N) is 2. The number of anilines is 1. The number of rotatable bonds is 8. The maximum Gasteiger partial charge on any atom is 0.309 e. The van der Waals surface area contributed by atoms with Crippen molar-refractivity contribution in [1.29, 1.82) is 0 Å². The van der Waals surface area contributed by atoms with Gasteiger partial charge in [0.05, 0.1) is 30.4 Å². The Morgan fingerprint density at radius 2 is 1.97 bits per heavy atom. The third-order valence-corrected chi connectivity index (χ3v) is 5.92. The number of hydrogen-bond acceptors (Lipinski definition) is 5. The Labute approximate surface area is 214 Å². The fraction of sp³-hybridized carbons (Fsp3) is 0.261. The first kappa shape index (κ1) is 26.3. The second-order valence-corrected chi connectivity index (χ2v) is 8.58. The van der Waals surface area contributed by atoms with Gasteiger partial charge in [0.2, 0.25) is 7.98 Å². The second-order valence-electron chi connectivity index (χ2n) is 8.20. The molecule has 1 heterocycles. The summed E-state index contributed by atoms with van der Waals surface area (Å²) in [6, 6.07) is 4.22. The minimum absolute atomic E-state index is 0.0203. The lowest BCUT2D eigenvalue weighted by Gasteiger charge is -2.21. The number of carbonyl (C=O) groups is 2. The molecule has 4 rings (SSSR count). The first-order valence-corrected chi connectivity index (χ1v) is 11.4. The first-order chi connectivity index (χ1) is 17.6. The van der Waals surface area contributed by atoms with Crippen molar-refractivity contribution in [1.82, 2.24) is 15.6 Å². The first-order valence-electron chi connectivity index (χ1n) is 11.0. The van der Waals surface area contributed by atoms with Crippen LogP contribution in [0.25, 0.3) is 10.9 Å². The Hall–Kier alpha value is -3.74. The van der Waals surface area contributed by atoms with Gasteiger partial charge in [0.1, 0.15) is 16.5 Å². The zero-order chi connectivity index (χ0) is 26.9. The SMILES string of the molecule is BN(C(=O)NC1CC1)c1cc(F)c(Oc2ccnc3cc(OC)c(C(=O)NCC(F)F)cc23)c(F)c1Cl. The molecule has 0 bridgehead atoms. The van der Waals surface area contributed by atoms with Crippen molar-refractivity contribution >= 4 is 48.1 Å². The zero-order valence-electron chi connectivity index (χ0n) is 19.6. The van der Waals surface area contributed by atoms with Gasteiger partial charge in [-0.15, -0.1) is 0 Å². The van der Waals surface area contributed by atoms with Crippen molar-refractivity contribution in [2.45, 2.75) is 25.3 Å². The molecule has 0 atom stereocenters. The largest absolute Gasteiger partial charge is 0.496 e. The lowest BCUT2D eigenvalue weighted by molar-refractivity contribution is 0.0889. The lowest BCUT2D eigenvalue weighted by Crippen LogP contribution is -2.39. The third-order valence-electron chi connectivity index (χ3n) is 5.56. The van der Waals surface area contributed by atoms with E-state index < -0.39 is 47.3 Å². The molecule has 0 radical (unpaired) electrons. The molecule has 14 heteroatoms. The molecule has 194 valence electrons. The van der Waals surface area contributed by atoms with Gasteiger partial charge >= 0.3 is 6.03 Å². The summed E-state index contributed by atoms with van der Waals surface area (Å²) in [6.45, 7) is -0.884. The molecule has 2 aromatic carbocycles. The Morgan fingerprint density at radius 1 is 1.24 bits per heavy atom. The van der Waals surface area contributed by atoms with Crippen molar-refractivity contribution < 1.29 is 36.6 Å². The van der Waals surface area contributed by atoms with Crippen molar-refractivity contribution in [3.05, 3.63) is 52.7 Å². The van der Waals surface area contributed by atoms with E-state index in [2.05, 4.69) is 15.6 Å². The van der Waals surface area contributed by atoms with Crippen LogP contribution in [-0.2, 0) is 0 Å². The van der Waals surface area contributed by atoms with Gasteiger partial charge in [0.15, 0.2) is 17.4 Å². The van der Waals surface area contributed by atoms with Crippen LogP contribution in [0.5, 0.6) is 17.2 Å². The number of alkyl halides is 2. The fourth-order valence-corrected chi connectivity index (χ4v) is 3.74. The fourth-order valence-electron chi connectivity index (χ4n) is 3.47. The molecule has 1 saturated carbocycles. The monoisotopic (exact) mass is 538 g/mol. The molecule has 2 N–H and O–H groups in total. The Bertz CT molecular complexity index is 1380. The average molecular weight is 539 g/mol. The number of amides is 3. The molecule has 0 spiro atoms. The van der Waals surface area contributed by atoms with Gasteiger partial charge in [-0.1, -0.05) is 11.6 Å². The number of benzene rings is 2. The molecule has 1 aromatic heterocycles. The Kier molecular flexibility index (Phi) is 7.62. The van der Waals surface area contributed by atoms with E-state index >= 15 is 8.78 Å². The number of hydrogen-bond donors (Lipinski definition) is 2. The van der Waals surface area contributed by atoms with Crippen LogP contribution in [0, 0.1) is 11.6 Å². The Balaban J connectivity index is 1.70. The minimum Gasteiger partial charge on any atom is -0.496 e. The quantitative estimate of drug-likeness (QED) is 0.255. The maximum atomic E-state index is 15.2. The highest BCUT2D eigenvalue weighted by Crippen LogP contribution is 2.40. The van der Waals surface area contributed by atoms with E-state index in [0.29, 0.717) is 0 Å². The number of fused-ring (bicyclic) bond motifs is 1. The van der Waals surface area contributed by atoms with E-state index in [4.69, 9.17) is 21.1 Å². The van der Waals surface area contributed by atoms with E-state index in [-0.39, 0.29) is 39.7 Å². The molecule has 1 aliphatic carbocycles. The van der Waals surface area contributed by atoms with Crippen molar-refractivity contribution in [3.8, 4) is 17.2 Å². The number of aromatic nitrogens is 1. The van der Waals surface area contributed by atoms with Gasteiger partial charge in [-0.3, -0.25) is 9.78 Å². The van der Waals surface area contributed by atoms with Crippen LogP contribution < -0.4 is 24.9 Å². The predicted octanol–water partition coefficient (Wildman–Crippen LogP) is 4.19. The highest BCUT2D eigenvalue weighted by molar-refractivity contribution is 6.38. The van der Waals surface area contributed by atoms with Crippen LogP contribution in [0.4, 0.5) is 28.0 Å². The maximum absolute atomic E-state index is 15.2. The summed E-state index contributed by atoms with van der Waals surface area (Å²) >= 11 is 6.13. The van der Waals surface area contributed by atoms with E-state index in [9.17, 15) is 18.4 Å². The number of carbonyl (C=O) groups excluding carboxylic acids is 2. The summed E-state index contributed by atoms with van der Waals surface area (Å²) in [5.41, 5.74) is -0.0876. The van der Waals surface area contributed by atoms with Crippen LogP contribution in [0.1, 0.15) is 23.2 Å². The van der Waals surface area contributed by atoms with Gasteiger partial charge in [0.25, 0.3) is 12.3 Å². The van der Waals surface area contributed by atoms with Gasteiger partial charge in [0, 0.05) is 29.8 Å². The van der Waals surface area contributed by atoms with E-state index in [1.54, 1.807) is 0 Å². The number of ether oxygens (including phenoxy) is 2. The second kappa shape index (κ2) is 10.7. The van der Waals surface area contributed by atoms with Crippen molar-refractivity contribution in [2.75, 3.05) is 18.5 Å². The van der Waals surface area contributed by atoms with E-state index in [1.807, 2.05) is 0 Å². The summed E-state index contributed by atoms with van der Waals surface area (Å²) < 4.78 is 66.0. The standard InChI is InChI=1S/C23H20BClF4N4O4/c1-36-17-8-14-11(6-12(17)22(34)31-9-18(27)28)16(4-5-30-14)37-21-13(26)7-15(19(25)20(21)29)33(24)23(35)32-10-2-3-10/h4-8,10,18H,2-3,9,24H2,1H3,(H,31,34)(H,32,35). The molecule has 3 amide bonds. The molecule has 0 saturated heterocycles. The van der Waals surface area contributed by atoms with Gasteiger partial charge in [-0.2, -0.15) is 0 Å². The number of pyridine rings is 1. The molecular weight excluding hydrogens is 519 g/mol. The summed E-state index contributed by atoms with van der Waals surface area (Å²) in [7, 11) is 2.60. The normalized spacial score (nSPS) is 12.9. The van der Waals surface area contributed by atoms with Crippen LogP contribution in [0.2, 0.25) is 5.02 Å². The summed E-state index contributed by atoms with van der Waals surface area (Å²) in [4.78, 5) is 29.9. The number of nitrogens with zero attached hydrogens (tertiary/aromatic N) is 2. The molecule has 37 heavy (non-hydrogen) atoms. The highest BCUT2D eigenvalue weighted by atomic mass is 35.5. The third kappa shape index (κ3) is 5.66. The molecule has 0 aliphatic heterocycles. The summed E-state index contributed by atoms with van der Waals surface area (Å²) in [5.74, 6) is -4.16. The topological polar surface area (TPSA) is 92.8 Å². The lowest BCUT2D eigenvalue weighted by atomic mass is 10.1. The van der Waals surface area contributed by atoms with Gasteiger partial charge in [-0.05, 0) is 25.0 Å². The van der Waals surface area contributed by atoms with Crippen LogP contribution in [-0.4, -0.2) is 51.0 Å².